The van der Waals surface area contributed by atoms with Crippen LogP contribution in [-0.4, -0.2) is 7.11 Å². The zero-order chi connectivity index (χ0) is 13.7. The molecule has 0 aliphatic heterocycles. The van der Waals surface area contributed by atoms with Gasteiger partial charge in [-0.1, -0.05) is 30.3 Å². The summed E-state index contributed by atoms with van der Waals surface area (Å²) in [7, 11) is 1.66. The van der Waals surface area contributed by atoms with E-state index >= 15 is 0 Å². The maximum absolute atomic E-state index is 5.29. The molecule has 0 unspecified atom stereocenters. The first-order valence-corrected chi connectivity index (χ1v) is 7.56. The van der Waals surface area contributed by atoms with E-state index in [1.54, 1.807) is 7.11 Å². The first-order valence-electron chi connectivity index (χ1n) is 5.97. The maximum Gasteiger partial charge on any atom is 0.147 e. The summed E-state index contributed by atoms with van der Waals surface area (Å²) >= 11 is 7.02. The summed E-state index contributed by atoms with van der Waals surface area (Å²) in [6.07, 6.45) is 0. The standard InChI is InChI=1S/C15H15Br2NO/c1-19-15-13(16)7-12(8-14(15)17)10-18-9-11-5-3-2-4-6-11/h2-8,18H,9-10H2,1H3. The summed E-state index contributed by atoms with van der Waals surface area (Å²) in [5.74, 6) is 0.826. The summed E-state index contributed by atoms with van der Waals surface area (Å²) in [6, 6.07) is 14.5. The highest BCUT2D eigenvalue weighted by molar-refractivity contribution is 9.11. The highest BCUT2D eigenvalue weighted by Crippen LogP contribution is 2.34. The molecule has 2 nitrogen and oxygen atoms in total. The fourth-order valence-electron chi connectivity index (χ4n) is 1.86. The molecule has 0 bridgehead atoms. The Hall–Kier alpha value is -0.840. The monoisotopic (exact) mass is 383 g/mol. The molecule has 19 heavy (non-hydrogen) atoms. The molecule has 2 aromatic rings. The minimum Gasteiger partial charge on any atom is -0.494 e. The third kappa shape index (κ3) is 4.06. The number of halogens is 2. The van der Waals surface area contributed by atoms with Crippen molar-refractivity contribution < 1.29 is 4.74 Å². The first kappa shape index (κ1) is 14.6. The zero-order valence-corrected chi connectivity index (χ0v) is 13.8. The number of nitrogens with one attached hydrogen (secondary N) is 1. The van der Waals surface area contributed by atoms with E-state index in [0.29, 0.717) is 0 Å². The lowest BCUT2D eigenvalue weighted by Crippen LogP contribution is -2.12. The minimum absolute atomic E-state index is 0.816. The van der Waals surface area contributed by atoms with Crippen LogP contribution in [0.25, 0.3) is 0 Å². The molecular weight excluding hydrogens is 370 g/mol. The van der Waals surface area contributed by atoms with Crippen LogP contribution in [0.3, 0.4) is 0 Å². The van der Waals surface area contributed by atoms with Crippen molar-refractivity contribution in [2.75, 3.05) is 7.11 Å². The molecule has 100 valence electrons. The van der Waals surface area contributed by atoms with E-state index in [1.165, 1.54) is 11.1 Å². The summed E-state index contributed by atoms with van der Waals surface area (Å²) < 4.78 is 7.21. The van der Waals surface area contributed by atoms with Gasteiger partial charge in [-0.3, -0.25) is 0 Å². The van der Waals surface area contributed by atoms with Crippen molar-refractivity contribution in [1.29, 1.82) is 0 Å². The van der Waals surface area contributed by atoms with Crippen molar-refractivity contribution in [2.24, 2.45) is 0 Å². The van der Waals surface area contributed by atoms with Crippen molar-refractivity contribution in [3.63, 3.8) is 0 Å². The zero-order valence-electron chi connectivity index (χ0n) is 10.6. The highest BCUT2D eigenvalue weighted by Gasteiger charge is 2.07. The van der Waals surface area contributed by atoms with Gasteiger partial charge in [-0.05, 0) is 55.1 Å². The van der Waals surface area contributed by atoms with E-state index in [1.807, 2.05) is 6.07 Å². The van der Waals surface area contributed by atoms with Crippen LogP contribution in [0.5, 0.6) is 5.75 Å². The van der Waals surface area contributed by atoms with E-state index in [4.69, 9.17) is 4.74 Å². The summed E-state index contributed by atoms with van der Waals surface area (Å²) in [5.41, 5.74) is 2.49. The van der Waals surface area contributed by atoms with Gasteiger partial charge in [-0.15, -0.1) is 0 Å². The Kier molecular flexibility index (Phi) is 5.43. The van der Waals surface area contributed by atoms with E-state index in [0.717, 1.165) is 27.8 Å². The Morgan fingerprint density at radius 2 is 1.53 bits per heavy atom. The lowest BCUT2D eigenvalue weighted by atomic mass is 10.2. The van der Waals surface area contributed by atoms with Gasteiger partial charge >= 0.3 is 0 Å². The van der Waals surface area contributed by atoms with Crippen molar-refractivity contribution in [2.45, 2.75) is 13.1 Å². The van der Waals surface area contributed by atoms with Gasteiger partial charge in [0.1, 0.15) is 5.75 Å². The van der Waals surface area contributed by atoms with E-state index < -0.39 is 0 Å². The molecular formula is C15H15Br2NO. The van der Waals surface area contributed by atoms with Crippen LogP contribution in [0.15, 0.2) is 51.4 Å². The average molecular weight is 385 g/mol. The molecule has 0 atom stereocenters. The van der Waals surface area contributed by atoms with Crippen LogP contribution in [0.2, 0.25) is 0 Å². The fraction of sp³-hybridized carbons (Fsp3) is 0.200. The van der Waals surface area contributed by atoms with E-state index in [-0.39, 0.29) is 0 Å². The Labute approximate surface area is 130 Å². The van der Waals surface area contributed by atoms with Crippen molar-refractivity contribution in [3.8, 4) is 5.75 Å². The number of hydrogen-bond acceptors (Lipinski definition) is 2. The lowest BCUT2D eigenvalue weighted by molar-refractivity contribution is 0.409. The van der Waals surface area contributed by atoms with Crippen molar-refractivity contribution in [1.82, 2.24) is 5.32 Å². The molecule has 0 aromatic heterocycles. The van der Waals surface area contributed by atoms with Gasteiger partial charge in [0.15, 0.2) is 0 Å². The van der Waals surface area contributed by atoms with Crippen LogP contribution in [0.4, 0.5) is 0 Å². The van der Waals surface area contributed by atoms with Gasteiger partial charge in [0.25, 0.3) is 0 Å². The number of ether oxygens (including phenoxy) is 1. The topological polar surface area (TPSA) is 21.3 Å². The third-order valence-corrected chi connectivity index (χ3v) is 3.94. The molecule has 0 radical (unpaired) electrons. The number of rotatable bonds is 5. The largest absolute Gasteiger partial charge is 0.494 e. The molecule has 2 aromatic carbocycles. The smallest absolute Gasteiger partial charge is 0.147 e. The van der Waals surface area contributed by atoms with E-state index in [2.05, 4.69) is 73.6 Å². The minimum atomic E-state index is 0.816. The second-order valence-corrected chi connectivity index (χ2v) is 5.89. The van der Waals surface area contributed by atoms with Gasteiger partial charge in [-0.2, -0.15) is 0 Å². The molecule has 0 heterocycles. The highest BCUT2D eigenvalue weighted by atomic mass is 79.9. The van der Waals surface area contributed by atoms with Gasteiger partial charge < -0.3 is 10.1 Å². The van der Waals surface area contributed by atoms with Gasteiger partial charge in [-0.25, -0.2) is 0 Å². The number of hydrogen-bond donors (Lipinski definition) is 1. The Morgan fingerprint density at radius 1 is 0.947 bits per heavy atom. The average Bonchev–Trinajstić information content (AvgIpc) is 2.40. The lowest BCUT2D eigenvalue weighted by Gasteiger charge is -2.10. The number of methoxy groups -OCH3 is 1. The molecule has 0 saturated carbocycles. The Balaban J connectivity index is 1.97. The molecule has 0 fully saturated rings. The predicted octanol–water partition coefficient (Wildman–Crippen LogP) is 4.51. The second-order valence-electron chi connectivity index (χ2n) is 4.18. The predicted molar refractivity (Wildman–Crippen MR) is 85.4 cm³/mol. The molecule has 0 amide bonds. The molecule has 2 rings (SSSR count). The molecule has 0 spiro atoms. The maximum atomic E-state index is 5.29. The quantitative estimate of drug-likeness (QED) is 0.818. The Bertz CT molecular complexity index is 520. The normalized spacial score (nSPS) is 10.5. The van der Waals surface area contributed by atoms with Crippen LogP contribution in [0.1, 0.15) is 11.1 Å². The Morgan fingerprint density at radius 3 is 2.11 bits per heavy atom. The fourth-order valence-corrected chi connectivity index (χ4v) is 3.46. The van der Waals surface area contributed by atoms with Crippen LogP contribution >= 0.6 is 31.9 Å². The van der Waals surface area contributed by atoms with Gasteiger partial charge in [0.2, 0.25) is 0 Å². The first-order chi connectivity index (χ1) is 9.20. The van der Waals surface area contributed by atoms with Gasteiger partial charge in [0, 0.05) is 13.1 Å². The summed E-state index contributed by atoms with van der Waals surface area (Å²) in [5, 5.41) is 3.43. The van der Waals surface area contributed by atoms with E-state index in [9.17, 15) is 0 Å². The van der Waals surface area contributed by atoms with Crippen LogP contribution < -0.4 is 10.1 Å². The third-order valence-electron chi connectivity index (χ3n) is 2.76. The molecule has 4 heteroatoms. The van der Waals surface area contributed by atoms with Crippen molar-refractivity contribution >= 4 is 31.9 Å². The van der Waals surface area contributed by atoms with Gasteiger partial charge in [0.05, 0.1) is 16.1 Å². The SMILES string of the molecule is COc1c(Br)cc(CNCc2ccccc2)cc1Br. The summed E-state index contributed by atoms with van der Waals surface area (Å²) in [6.45, 7) is 1.68. The number of benzene rings is 2. The molecule has 0 saturated heterocycles. The van der Waals surface area contributed by atoms with Crippen LogP contribution in [-0.2, 0) is 13.1 Å². The molecule has 1 N–H and O–H groups in total. The second kappa shape index (κ2) is 7.08. The van der Waals surface area contributed by atoms with Crippen LogP contribution in [0, 0.1) is 0 Å². The summed E-state index contributed by atoms with van der Waals surface area (Å²) in [4.78, 5) is 0. The molecule has 0 aliphatic carbocycles. The molecule has 0 aliphatic rings. The van der Waals surface area contributed by atoms with Crippen molar-refractivity contribution in [3.05, 3.63) is 62.5 Å².